The molecule has 2 aliphatic heterocycles. The minimum absolute atomic E-state index is 0.00253. The number of carbonyl (C=O) groups excluding carboxylic acids is 3. The van der Waals surface area contributed by atoms with Crippen LogP contribution in [0, 0.1) is 15.3 Å². The highest BCUT2D eigenvalue weighted by atomic mass is 127. The van der Waals surface area contributed by atoms with Crippen molar-refractivity contribution in [2.24, 2.45) is 5.92 Å². The monoisotopic (exact) mass is 898 g/mol. The van der Waals surface area contributed by atoms with Crippen molar-refractivity contribution < 1.29 is 18.8 Å². The molecule has 7 rings (SSSR count). The molecular formula is C44H48FIN8O4. The molecule has 5 aromatic rings. The summed E-state index contributed by atoms with van der Waals surface area (Å²) >= 11 is 2.23. The SMILES string of the molecule is CCc1cccc(-c2cnc(C(=O)N3CCC(CN4CCN(CC(=O)NCCNC(=O)c5cc(Cc6n[nH]c(=O)c7ccccc67)ccc5F)CC4)CC3)c(I)c2)c1. The smallest absolute Gasteiger partial charge is 0.273 e. The van der Waals surface area contributed by atoms with Crippen LogP contribution in [0.15, 0.2) is 83.8 Å². The molecule has 0 atom stereocenters. The van der Waals surface area contributed by atoms with E-state index in [1.165, 1.54) is 17.7 Å². The van der Waals surface area contributed by atoms with E-state index in [1.807, 2.05) is 23.2 Å². The summed E-state index contributed by atoms with van der Waals surface area (Å²) in [5.41, 5.74) is 4.81. The van der Waals surface area contributed by atoms with Crippen molar-refractivity contribution in [2.75, 3.05) is 65.4 Å². The first-order valence-electron chi connectivity index (χ1n) is 19.9. The number of amides is 3. The molecule has 3 N–H and O–H groups in total. The molecule has 3 amide bonds. The second-order valence-corrected chi connectivity index (χ2v) is 16.2. The topological polar surface area (TPSA) is 144 Å². The summed E-state index contributed by atoms with van der Waals surface area (Å²) in [6, 6.07) is 21.9. The van der Waals surface area contributed by atoms with Crippen molar-refractivity contribution in [3.8, 4) is 11.1 Å². The Morgan fingerprint density at radius 3 is 2.34 bits per heavy atom. The molecular weight excluding hydrogens is 850 g/mol. The van der Waals surface area contributed by atoms with Crippen molar-refractivity contribution in [1.29, 1.82) is 0 Å². The lowest BCUT2D eigenvalue weighted by Gasteiger charge is -2.38. The Bertz CT molecular complexity index is 2340. The number of fused-ring (bicyclic) bond motifs is 1. The van der Waals surface area contributed by atoms with Gasteiger partial charge in [0.1, 0.15) is 11.5 Å². The number of nitrogens with zero attached hydrogens (tertiary/aromatic N) is 5. The van der Waals surface area contributed by atoms with Gasteiger partial charge < -0.3 is 20.4 Å². The molecule has 0 spiro atoms. The number of nitrogens with one attached hydrogen (secondary N) is 3. The minimum atomic E-state index is -0.650. The Kier molecular flexibility index (Phi) is 13.6. The fourth-order valence-electron chi connectivity index (χ4n) is 7.78. The van der Waals surface area contributed by atoms with Crippen LogP contribution in [0.5, 0.6) is 0 Å². The normalized spacial score (nSPS) is 15.4. The van der Waals surface area contributed by atoms with Gasteiger partial charge in [0.05, 0.1) is 23.2 Å². The maximum absolute atomic E-state index is 14.7. The molecule has 0 radical (unpaired) electrons. The van der Waals surface area contributed by atoms with Crippen LogP contribution in [0.4, 0.5) is 4.39 Å². The fourth-order valence-corrected chi connectivity index (χ4v) is 8.48. The third-order valence-electron chi connectivity index (χ3n) is 11.1. The molecule has 3 aromatic carbocycles. The predicted molar refractivity (Wildman–Crippen MR) is 230 cm³/mol. The number of halogens is 2. The Morgan fingerprint density at radius 1 is 0.845 bits per heavy atom. The van der Waals surface area contributed by atoms with Gasteiger partial charge in [-0.15, -0.1) is 0 Å². The first kappa shape index (κ1) is 41.1. The van der Waals surface area contributed by atoms with Crippen LogP contribution in [-0.2, 0) is 17.6 Å². The number of aryl methyl sites for hydroxylation is 1. The van der Waals surface area contributed by atoms with E-state index in [9.17, 15) is 23.6 Å². The number of rotatable bonds is 13. The molecule has 0 aliphatic carbocycles. The highest BCUT2D eigenvalue weighted by Gasteiger charge is 2.28. The lowest BCUT2D eigenvalue weighted by molar-refractivity contribution is -0.122. The first-order chi connectivity index (χ1) is 28.1. The summed E-state index contributed by atoms with van der Waals surface area (Å²) in [6.07, 6.45) is 4.98. The number of benzene rings is 3. The number of piperidine rings is 1. The Labute approximate surface area is 350 Å². The number of hydrogen-bond donors (Lipinski definition) is 3. The van der Waals surface area contributed by atoms with E-state index >= 15 is 0 Å². The maximum atomic E-state index is 14.7. The van der Waals surface area contributed by atoms with E-state index in [1.54, 1.807) is 18.2 Å². The molecule has 0 saturated carbocycles. The van der Waals surface area contributed by atoms with Crippen LogP contribution < -0.4 is 16.2 Å². The van der Waals surface area contributed by atoms with Gasteiger partial charge in [0, 0.05) is 86.0 Å². The lowest BCUT2D eigenvalue weighted by atomic mass is 9.95. The Balaban J connectivity index is 0.791. The van der Waals surface area contributed by atoms with Crippen LogP contribution in [0.1, 0.15) is 57.4 Å². The zero-order chi connectivity index (χ0) is 40.6. The Hall–Kier alpha value is -5.06. The molecule has 2 saturated heterocycles. The van der Waals surface area contributed by atoms with E-state index in [0.717, 1.165) is 79.8 Å². The molecule has 302 valence electrons. The quantitative estimate of drug-likeness (QED) is 0.112. The number of H-pyrrole nitrogens is 1. The Morgan fingerprint density at radius 2 is 1.59 bits per heavy atom. The van der Waals surface area contributed by atoms with E-state index in [-0.39, 0.29) is 42.6 Å². The average Bonchev–Trinajstić information content (AvgIpc) is 3.24. The van der Waals surface area contributed by atoms with Gasteiger partial charge in [0.25, 0.3) is 17.4 Å². The molecule has 4 heterocycles. The van der Waals surface area contributed by atoms with Gasteiger partial charge in [0.15, 0.2) is 0 Å². The van der Waals surface area contributed by atoms with Gasteiger partial charge in [-0.2, -0.15) is 5.10 Å². The molecule has 0 bridgehead atoms. The molecule has 2 fully saturated rings. The number of aromatic nitrogens is 3. The lowest BCUT2D eigenvalue weighted by Crippen LogP contribution is -2.51. The van der Waals surface area contributed by atoms with Crippen molar-refractivity contribution in [3.63, 3.8) is 0 Å². The standard InChI is InChI=1S/C44H48FIN8O4/c1-2-29-6-5-7-32(22-29)33-25-38(46)41(49-26-33)44(58)54-16-12-30(13-17-54)27-52-18-20-53(21-19-52)28-40(55)47-14-15-48-42(56)36-23-31(10-11-37(36)45)24-39-34-8-3-4-9-35(34)43(57)51-50-39/h3-11,22-23,25-26,30H,2,12-21,24,27-28H2,1H3,(H,47,55)(H,48,56)(H,51,57). The summed E-state index contributed by atoms with van der Waals surface area (Å²) in [7, 11) is 0. The van der Waals surface area contributed by atoms with Crippen molar-refractivity contribution in [3.05, 3.63) is 127 Å². The van der Waals surface area contributed by atoms with Crippen molar-refractivity contribution in [1.82, 2.24) is 40.5 Å². The zero-order valence-corrected chi connectivity index (χ0v) is 34.8. The van der Waals surface area contributed by atoms with E-state index in [2.05, 4.69) is 95.5 Å². The average molecular weight is 899 g/mol. The van der Waals surface area contributed by atoms with E-state index in [0.29, 0.717) is 40.1 Å². The number of hydrogen-bond acceptors (Lipinski definition) is 8. The second-order valence-electron chi connectivity index (χ2n) is 15.1. The summed E-state index contributed by atoms with van der Waals surface area (Å²) in [6.45, 7) is 8.50. The van der Waals surface area contributed by atoms with Crippen molar-refractivity contribution in [2.45, 2.75) is 32.6 Å². The van der Waals surface area contributed by atoms with Gasteiger partial charge >= 0.3 is 0 Å². The number of likely N-dealkylation sites (tertiary alicyclic amines) is 1. The zero-order valence-electron chi connectivity index (χ0n) is 32.6. The predicted octanol–water partition coefficient (Wildman–Crippen LogP) is 4.90. The van der Waals surface area contributed by atoms with Crippen LogP contribution in [0.3, 0.4) is 0 Å². The van der Waals surface area contributed by atoms with Crippen LogP contribution in [0.25, 0.3) is 21.9 Å². The summed E-state index contributed by atoms with van der Waals surface area (Å²) in [5, 5.41) is 13.5. The van der Waals surface area contributed by atoms with Gasteiger partial charge in [-0.25, -0.2) is 14.5 Å². The number of carbonyl (C=O) groups is 3. The summed E-state index contributed by atoms with van der Waals surface area (Å²) in [5.74, 6) is -0.844. The number of aromatic amines is 1. The van der Waals surface area contributed by atoms with Crippen LogP contribution >= 0.6 is 22.6 Å². The van der Waals surface area contributed by atoms with Gasteiger partial charge in [-0.05, 0) is 88.7 Å². The van der Waals surface area contributed by atoms with Crippen LogP contribution in [0.2, 0.25) is 0 Å². The highest BCUT2D eigenvalue weighted by molar-refractivity contribution is 14.1. The van der Waals surface area contributed by atoms with E-state index in [4.69, 9.17) is 0 Å². The van der Waals surface area contributed by atoms with Gasteiger partial charge in [-0.3, -0.25) is 24.1 Å². The number of pyridine rings is 1. The third-order valence-corrected chi connectivity index (χ3v) is 11.9. The highest BCUT2D eigenvalue weighted by Crippen LogP contribution is 2.26. The van der Waals surface area contributed by atoms with Gasteiger partial charge in [-0.1, -0.05) is 55.5 Å². The minimum Gasteiger partial charge on any atom is -0.353 e. The van der Waals surface area contributed by atoms with Crippen molar-refractivity contribution >= 4 is 51.1 Å². The molecule has 14 heteroatoms. The maximum Gasteiger partial charge on any atom is 0.273 e. The summed E-state index contributed by atoms with van der Waals surface area (Å²) in [4.78, 5) is 62.3. The first-order valence-corrected chi connectivity index (χ1v) is 21.0. The summed E-state index contributed by atoms with van der Waals surface area (Å²) < 4.78 is 15.6. The van der Waals surface area contributed by atoms with Gasteiger partial charge in [0.2, 0.25) is 5.91 Å². The number of piperazine rings is 1. The molecule has 2 aliphatic rings. The molecule has 58 heavy (non-hydrogen) atoms. The molecule has 0 unspecified atom stereocenters. The second kappa shape index (κ2) is 19.1. The molecule has 12 nitrogen and oxygen atoms in total. The largest absolute Gasteiger partial charge is 0.353 e. The van der Waals surface area contributed by atoms with E-state index < -0.39 is 11.7 Å². The third kappa shape index (κ3) is 10.1. The fraction of sp³-hybridized carbons (Fsp3) is 0.364. The van der Waals surface area contributed by atoms with Crippen LogP contribution in [-0.4, -0.2) is 113 Å². The molecule has 2 aromatic heterocycles.